The number of amides is 1. The summed E-state index contributed by atoms with van der Waals surface area (Å²) in [5, 5.41) is 10.7. The third-order valence-corrected chi connectivity index (χ3v) is 5.74. The smallest absolute Gasteiger partial charge is 0.226 e. The second kappa shape index (κ2) is 11.9. The molecule has 2 rings (SSSR count). The van der Waals surface area contributed by atoms with Gasteiger partial charge in [0.15, 0.2) is 5.96 Å². The minimum Gasteiger partial charge on any atom is -0.356 e. The molecule has 1 aromatic carbocycles. The molecule has 1 aliphatic rings. The minimum atomic E-state index is -0.0466. The first kappa shape index (κ1) is 22.4. The Bertz CT molecular complexity index is 594. The van der Waals surface area contributed by atoms with Crippen molar-refractivity contribution in [3.63, 3.8) is 0 Å². The topological polar surface area (TPSA) is 65.5 Å². The lowest BCUT2D eigenvalue weighted by molar-refractivity contribution is -0.116. The van der Waals surface area contributed by atoms with Gasteiger partial charge in [0.2, 0.25) is 5.91 Å². The fourth-order valence-electron chi connectivity index (χ4n) is 2.49. The van der Waals surface area contributed by atoms with Crippen molar-refractivity contribution >= 4 is 64.9 Å². The summed E-state index contributed by atoms with van der Waals surface area (Å²) in [5.74, 6) is 1.95. The van der Waals surface area contributed by atoms with Gasteiger partial charge in [-0.15, -0.1) is 24.0 Å². The number of benzene rings is 1. The fraction of sp³-hybridized carbons (Fsp3) is 0.529. The number of nitrogens with one attached hydrogen (secondary N) is 3. The zero-order chi connectivity index (χ0) is 17.4. The molecular weight excluding hydrogens is 471 g/mol. The number of aliphatic imine (C=N–C) groups is 1. The number of carbonyl (C=O) groups is 1. The van der Waals surface area contributed by atoms with E-state index in [0.29, 0.717) is 23.2 Å². The molecule has 0 radical (unpaired) electrons. The van der Waals surface area contributed by atoms with Crippen molar-refractivity contribution in [1.29, 1.82) is 0 Å². The van der Waals surface area contributed by atoms with Crippen molar-refractivity contribution in [2.45, 2.75) is 31.4 Å². The first-order valence-electron chi connectivity index (χ1n) is 8.21. The molecule has 0 aromatic heterocycles. The van der Waals surface area contributed by atoms with Gasteiger partial charge < -0.3 is 16.0 Å². The summed E-state index contributed by atoms with van der Waals surface area (Å²) in [7, 11) is 1.74. The van der Waals surface area contributed by atoms with E-state index in [4.69, 9.17) is 11.6 Å². The van der Waals surface area contributed by atoms with Crippen molar-refractivity contribution in [1.82, 2.24) is 10.6 Å². The molecule has 1 atom stereocenters. The van der Waals surface area contributed by atoms with Crippen LogP contribution in [0.3, 0.4) is 0 Å². The Morgan fingerprint density at radius 2 is 2.20 bits per heavy atom. The summed E-state index contributed by atoms with van der Waals surface area (Å²) < 4.78 is 0. The maximum atomic E-state index is 12.1. The quantitative estimate of drug-likeness (QED) is 0.319. The SMILES string of the molecule is CN=C(NCCC(=O)Nc1cccc(Cl)c1C)NCC1CCCS1.I. The van der Waals surface area contributed by atoms with Gasteiger partial charge in [-0.1, -0.05) is 17.7 Å². The molecule has 1 unspecified atom stereocenters. The first-order chi connectivity index (χ1) is 11.6. The largest absolute Gasteiger partial charge is 0.356 e. The van der Waals surface area contributed by atoms with Crippen molar-refractivity contribution < 1.29 is 4.79 Å². The number of hydrogen-bond donors (Lipinski definition) is 3. The summed E-state index contributed by atoms with van der Waals surface area (Å²) in [4.78, 5) is 16.2. The van der Waals surface area contributed by atoms with E-state index in [-0.39, 0.29) is 29.9 Å². The van der Waals surface area contributed by atoms with Crippen LogP contribution < -0.4 is 16.0 Å². The fourth-order valence-corrected chi connectivity index (χ4v) is 3.86. The van der Waals surface area contributed by atoms with Crippen molar-refractivity contribution in [2.75, 3.05) is 31.2 Å². The van der Waals surface area contributed by atoms with Gasteiger partial charge in [0.1, 0.15) is 0 Å². The zero-order valence-corrected chi connectivity index (χ0v) is 18.5. The molecule has 1 fully saturated rings. The van der Waals surface area contributed by atoms with Crippen molar-refractivity contribution in [2.24, 2.45) is 4.99 Å². The van der Waals surface area contributed by atoms with E-state index in [0.717, 1.165) is 23.8 Å². The van der Waals surface area contributed by atoms with E-state index < -0.39 is 0 Å². The number of hydrogen-bond acceptors (Lipinski definition) is 3. The van der Waals surface area contributed by atoms with Gasteiger partial charge in [-0.3, -0.25) is 9.79 Å². The normalized spacial score (nSPS) is 16.9. The van der Waals surface area contributed by atoms with Crippen LogP contribution in [-0.4, -0.2) is 43.0 Å². The summed E-state index contributed by atoms with van der Waals surface area (Å²) in [5.41, 5.74) is 1.64. The molecule has 1 aromatic rings. The van der Waals surface area contributed by atoms with Crippen LogP contribution in [0.2, 0.25) is 5.02 Å². The first-order valence-corrected chi connectivity index (χ1v) is 9.64. The summed E-state index contributed by atoms with van der Waals surface area (Å²) >= 11 is 8.07. The molecular formula is C17H26ClIN4OS. The van der Waals surface area contributed by atoms with Gasteiger partial charge in [0.05, 0.1) is 0 Å². The molecule has 25 heavy (non-hydrogen) atoms. The lowest BCUT2D eigenvalue weighted by Crippen LogP contribution is -2.41. The van der Waals surface area contributed by atoms with Crippen LogP contribution in [0.4, 0.5) is 5.69 Å². The van der Waals surface area contributed by atoms with E-state index in [1.807, 2.05) is 36.9 Å². The predicted octanol–water partition coefficient (Wildman–Crippen LogP) is 3.66. The molecule has 8 heteroatoms. The molecule has 3 N–H and O–H groups in total. The predicted molar refractivity (Wildman–Crippen MR) is 120 cm³/mol. The minimum absolute atomic E-state index is 0. The van der Waals surface area contributed by atoms with E-state index >= 15 is 0 Å². The molecule has 0 aliphatic carbocycles. The van der Waals surface area contributed by atoms with Crippen molar-refractivity contribution in [3.8, 4) is 0 Å². The molecule has 1 saturated heterocycles. The number of rotatable bonds is 6. The van der Waals surface area contributed by atoms with Gasteiger partial charge >= 0.3 is 0 Å². The molecule has 0 saturated carbocycles. The Morgan fingerprint density at radius 1 is 1.40 bits per heavy atom. The van der Waals surface area contributed by atoms with Crippen molar-refractivity contribution in [3.05, 3.63) is 28.8 Å². The van der Waals surface area contributed by atoms with Crippen LogP contribution in [0.5, 0.6) is 0 Å². The van der Waals surface area contributed by atoms with Crippen LogP contribution in [-0.2, 0) is 4.79 Å². The Morgan fingerprint density at radius 3 is 2.88 bits per heavy atom. The van der Waals surface area contributed by atoms with Crippen LogP contribution in [0.15, 0.2) is 23.2 Å². The number of thioether (sulfide) groups is 1. The maximum absolute atomic E-state index is 12.1. The molecule has 0 spiro atoms. The average molecular weight is 497 g/mol. The lowest BCUT2D eigenvalue weighted by Gasteiger charge is -2.15. The highest BCUT2D eigenvalue weighted by Crippen LogP contribution is 2.25. The monoisotopic (exact) mass is 496 g/mol. The second-order valence-electron chi connectivity index (χ2n) is 5.73. The Labute approximate surface area is 176 Å². The number of anilines is 1. The molecule has 1 heterocycles. The van der Waals surface area contributed by atoms with Crippen LogP contribution >= 0.6 is 47.3 Å². The highest BCUT2D eigenvalue weighted by molar-refractivity contribution is 14.0. The van der Waals surface area contributed by atoms with Gasteiger partial charge in [-0.25, -0.2) is 0 Å². The van der Waals surface area contributed by atoms with Crippen LogP contribution in [0.25, 0.3) is 0 Å². The van der Waals surface area contributed by atoms with Gasteiger partial charge in [0.25, 0.3) is 0 Å². The molecule has 5 nitrogen and oxygen atoms in total. The second-order valence-corrected chi connectivity index (χ2v) is 7.54. The molecule has 140 valence electrons. The number of halogens is 2. The van der Waals surface area contributed by atoms with E-state index in [1.165, 1.54) is 18.6 Å². The van der Waals surface area contributed by atoms with E-state index in [2.05, 4.69) is 20.9 Å². The molecule has 0 bridgehead atoms. The van der Waals surface area contributed by atoms with Gasteiger partial charge in [-0.2, -0.15) is 11.8 Å². The van der Waals surface area contributed by atoms with E-state index in [1.54, 1.807) is 7.05 Å². The van der Waals surface area contributed by atoms with Gasteiger partial charge in [0, 0.05) is 42.5 Å². The summed E-state index contributed by atoms with van der Waals surface area (Å²) in [6.07, 6.45) is 2.92. The molecule has 1 amide bonds. The highest BCUT2D eigenvalue weighted by Gasteiger charge is 2.15. The van der Waals surface area contributed by atoms with Crippen LogP contribution in [0.1, 0.15) is 24.8 Å². The number of guanidine groups is 1. The third kappa shape index (κ3) is 7.62. The lowest BCUT2D eigenvalue weighted by atomic mass is 10.2. The average Bonchev–Trinajstić information content (AvgIpc) is 3.08. The highest BCUT2D eigenvalue weighted by atomic mass is 127. The van der Waals surface area contributed by atoms with Gasteiger partial charge in [-0.05, 0) is 43.2 Å². The zero-order valence-electron chi connectivity index (χ0n) is 14.6. The summed E-state index contributed by atoms with van der Waals surface area (Å²) in [6.45, 7) is 3.34. The number of nitrogens with zero attached hydrogens (tertiary/aromatic N) is 1. The maximum Gasteiger partial charge on any atom is 0.226 e. The Balaban J connectivity index is 0.00000312. The third-order valence-electron chi connectivity index (χ3n) is 3.93. The Kier molecular flexibility index (Phi) is 10.6. The molecule has 1 aliphatic heterocycles. The van der Waals surface area contributed by atoms with Crippen LogP contribution in [0, 0.1) is 6.92 Å². The number of carbonyl (C=O) groups excluding carboxylic acids is 1. The summed E-state index contributed by atoms with van der Waals surface area (Å²) in [6, 6.07) is 5.49. The van der Waals surface area contributed by atoms with E-state index in [9.17, 15) is 4.79 Å². The standard InChI is InChI=1S/C17H25ClN4OS.HI/c1-12-14(18)6-3-7-15(12)22-16(23)8-9-20-17(19-2)21-11-13-5-4-10-24-13;/h3,6-7,13H,4-5,8-11H2,1-2H3,(H,22,23)(H2,19,20,21);1H. The Hall–Kier alpha value is -0.670.